The van der Waals surface area contributed by atoms with Crippen LogP contribution in [0.15, 0.2) is 66.7 Å². The van der Waals surface area contributed by atoms with Crippen molar-refractivity contribution in [2.45, 2.75) is 12.5 Å². The fourth-order valence-corrected chi connectivity index (χ4v) is 4.48. The molecule has 3 aromatic carbocycles. The summed E-state index contributed by atoms with van der Waals surface area (Å²) in [5, 5.41) is 2.89. The molecule has 3 aromatic rings. The number of halogens is 2. The number of ether oxygens (including phenoxy) is 2. The van der Waals surface area contributed by atoms with E-state index in [2.05, 4.69) is 5.32 Å². The molecule has 2 atom stereocenters. The van der Waals surface area contributed by atoms with E-state index < -0.39 is 23.6 Å². The summed E-state index contributed by atoms with van der Waals surface area (Å²) in [6.07, 6.45) is 0. The summed E-state index contributed by atoms with van der Waals surface area (Å²) >= 11 is 0. The minimum absolute atomic E-state index is 0.0452. The number of hydrogen-bond acceptors (Lipinski definition) is 4. The number of carbonyl (C=O) groups is 2. The Morgan fingerprint density at radius 1 is 0.943 bits per heavy atom. The predicted molar refractivity (Wildman–Crippen MR) is 126 cm³/mol. The van der Waals surface area contributed by atoms with E-state index in [1.54, 1.807) is 30.3 Å². The number of carbonyl (C=O) groups excluding carboxylic acids is 2. The van der Waals surface area contributed by atoms with E-state index in [0.29, 0.717) is 11.5 Å². The highest BCUT2D eigenvalue weighted by Gasteiger charge is 2.42. The van der Waals surface area contributed by atoms with Crippen LogP contribution in [0.5, 0.6) is 11.5 Å². The number of nitrogens with one attached hydrogen (secondary N) is 1. The van der Waals surface area contributed by atoms with Crippen LogP contribution in [0.4, 0.5) is 8.78 Å². The molecule has 0 radical (unpaired) electrons. The summed E-state index contributed by atoms with van der Waals surface area (Å²) < 4.78 is 38.6. The number of hydrogen-bond donors (Lipinski definition) is 1. The van der Waals surface area contributed by atoms with Crippen LogP contribution in [0, 0.1) is 17.6 Å². The highest BCUT2D eigenvalue weighted by Crippen LogP contribution is 2.42. The maximum absolute atomic E-state index is 14.3. The molecule has 4 rings (SSSR count). The molecular formula is C27H26F2N2O4. The molecule has 1 N–H and O–H groups in total. The Labute approximate surface area is 202 Å². The van der Waals surface area contributed by atoms with Crippen LogP contribution in [-0.2, 0) is 11.3 Å². The summed E-state index contributed by atoms with van der Waals surface area (Å²) in [5.74, 6) is -1.76. The molecule has 0 unspecified atom stereocenters. The number of rotatable bonds is 7. The van der Waals surface area contributed by atoms with Gasteiger partial charge in [-0.3, -0.25) is 9.59 Å². The fraction of sp³-hybridized carbons (Fsp3) is 0.259. The Bertz CT molecular complexity index is 1220. The van der Waals surface area contributed by atoms with Crippen LogP contribution in [0.1, 0.15) is 27.4 Å². The Morgan fingerprint density at radius 3 is 2.37 bits per heavy atom. The lowest BCUT2D eigenvalue weighted by Gasteiger charge is -2.21. The number of para-hydroxylation sites is 1. The molecule has 35 heavy (non-hydrogen) atoms. The van der Waals surface area contributed by atoms with Crippen LogP contribution in [-0.4, -0.2) is 44.0 Å². The van der Waals surface area contributed by atoms with Gasteiger partial charge in [-0.2, -0.15) is 0 Å². The van der Waals surface area contributed by atoms with Crippen molar-refractivity contribution in [3.63, 3.8) is 0 Å². The van der Waals surface area contributed by atoms with E-state index >= 15 is 0 Å². The van der Waals surface area contributed by atoms with Gasteiger partial charge in [0.05, 0.1) is 25.7 Å². The number of amides is 2. The van der Waals surface area contributed by atoms with Gasteiger partial charge in [0.15, 0.2) is 11.5 Å². The smallest absolute Gasteiger partial charge is 0.256 e. The van der Waals surface area contributed by atoms with Gasteiger partial charge in [-0.05, 0) is 35.9 Å². The van der Waals surface area contributed by atoms with Crippen molar-refractivity contribution in [3.8, 4) is 11.5 Å². The first-order valence-corrected chi connectivity index (χ1v) is 11.2. The largest absolute Gasteiger partial charge is 0.493 e. The molecule has 182 valence electrons. The summed E-state index contributed by atoms with van der Waals surface area (Å²) in [4.78, 5) is 28.0. The molecule has 1 saturated heterocycles. The minimum atomic E-state index is -0.618. The third-order valence-electron chi connectivity index (χ3n) is 6.26. The molecule has 0 aliphatic carbocycles. The van der Waals surface area contributed by atoms with Gasteiger partial charge in [-0.15, -0.1) is 0 Å². The highest BCUT2D eigenvalue weighted by atomic mass is 19.1. The maximum atomic E-state index is 14.3. The van der Waals surface area contributed by atoms with Crippen LogP contribution >= 0.6 is 0 Å². The van der Waals surface area contributed by atoms with Crippen LogP contribution < -0.4 is 14.8 Å². The van der Waals surface area contributed by atoms with Gasteiger partial charge >= 0.3 is 0 Å². The Balaban J connectivity index is 1.63. The zero-order valence-electron chi connectivity index (χ0n) is 19.5. The van der Waals surface area contributed by atoms with Gasteiger partial charge in [0.25, 0.3) is 5.91 Å². The van der Waals surface area contributed by atoms with E-state index in [1.165, 1.54) is 49.5 Å². The quantitative estimate of drug-likeness (QED) is 0.552. The number of likely N-dealkylation sites (tertiary alicyclic amines) is 1. The SMILES string of the molecule is COc1cccc([C@H]2CN(C(=O)c3ccccc3F)C[C@@H]2C(=O)NCc2ccc(F)cc2)c1OC. The number of nitrogens with zero attached hydrogens (tertiary/aromatic N) is 1. The van der Waals surface area contributed by atoms with Crippen LogP contribution in [0.3, 0.4) is 0 Å². The first-order valence-electron chi connectivity index (χ1n) is 11.2. The van der Waals surface area contributed by atoms with E-state index in [9.17, 15) is 18.4 Å². The molecule has 1 aliphatic rings. The van der Waals surface area contributed by atoms with Crippen molar-refractivity contribution >= 4 is 11.8 Å². The molecular weight excluding hydrogens is 454 g/mol. The molecule has 2 amide bonds. The molecule has 0 bridgehead atoms. The van der Waals surface area contributed by atoms with Crippen molar-refractivity contribution in [2.24, 2.45) is 5.92 Å². The molecule has 1 fully saturated rings. The summed E-state index contributed by atoms with van der Waals surface area (Å²) in [6.45, 7) is 0.512. The van der Waals surface area contributed by atoms with Crippen LogP contribution in [0.25, 0.3) is 0 Å². The van der Waals surface area contributed by atoms with Crippen molar-refractivity contribution in [1.82, 2.24) is 10.2 Å². The number of methoxy groups -OCH3 is 2. The van der Waals surface area contributed by atoms with Crippen molar-refractivity contribution in [1.29, 1.82) is 0 Å². The van der Waals surface area contributed by atoms with Gasteiger partial charge in [0.2, 0.25) is 5.91 Å². The third-order valence-corrected chi connectivity index (χ3v) is 6.26. The van der Waals surface area contributed by atoms with Gasteiger partial charge in [0, 0.05) is 31.1 Å². The summed E-state index contributed by atoms with van der Waals surface area (Å²) in [5.41, 5.74) is 1.42. The lowest BCUT2D eigenvalue weighted by Crippen LogP contribution is -2.35. The average molecular weight is 481 g/mol. The van der Waals surface area contributed by atoms with E-state index in [4.69, 9.17) is 9.47 Å². The molecule has 1 aliphatic heterocycles. The predicted octanol–water partition coefficient (Wildman–Crippen LogP) is 4.15. The van der Waals surface area contributed by atoms with Gasteiger partial charge in [-0.1, -0.05) is 36.4 Å². The minimum Gasteiger partial charge on any atom is -0.493 e. The lowest BCUT2D eigenvalue weighted by molar-refractivity contribution is -0.125. The third kappa shape index (κ3) is 5.11. The second-order valence-corrected chi connectivity index (χ2v) is 8.33. The zero-order chi connectivity index (χ0) is 24.9. The lowest BCUT2D eigenvalue weighted by atomic mass is 9.87. The molecule has 0 spiro atoms. The van der Waals surface area contributed by atoms with Crippen LogP contribution in [0.2, 0.25) is 0 Å². The van der Waals surface area contributed by atoms with Crippen molar-refractivity contribution in [2.75, 3.05) is 27.3 Å². The van der Waals surface area contributed by atoms with E-state index in [1.807, 2.05) is 6.07 Å². The Hall–Kier alpha value is -3.94. The first kappa shape index (κ1) is 24.2. The molecule has 6 nitrogen and oxygen atoms in total. The maximum Gasteiger partial charge on any atom is 0.256 e. The fourth-order valence-electron chi connectivity index (χ4n) is 4.48. The van der Waals surface area contributed by atoms with Gasteiger partial charge in [-0.25, -0.2) is 8.78 Å². The molecule has 8 heteroatoms. The monoisotopic (exact) mass is 480 g/mol. The van der Waals surface area contributed by atoms with Gasteiger partial charge in [0.1, 0.15) is 11.6 Å². The topological polar surface area (TPSA) is 67.9 Å². The zero-order valence-corrected chi connectivity index (χ0v) is 19.5. The highest BCUT2D eigenvalue weighted by molar-refractivity contribution is 5.95. The second kappa shape index (κ2) is 10.5. The van der Waals surface area contributed by atoms with E-state index in [0.717, 1.165) is 11.1 Å². The van der Waals surface area contributed by atoms with Crippen molar-refractivity contribution < 1.29 is 27.8 Å². The standard InChI is InChI=1S/C27H26F2N2O4/c1-34-24-9-5-7-19(25(24)35-2)21-15-31(27(33)20-6-3-4-8-23(20)29)16-22(21)26(32)30-14-17-10-12-18(28)13-11-17/h3-13,21-22H,14-16H2,1-2H3,(H,30,32)/t21-,22+/m1/s1. The summed E-state index contributed by atoms with van der Waals surface area (Å²) in [6, 6.07) is 17.0. The molecule has 0 aromatic heterocycles. The van der Waals surface area contributed by atoms with E-state index in [-0.39, 0.29) is 36.9 Å². The molecule has 0 saturated carbocycles. The normalized spacial score (nSPS) is 17.2. The van der Waals surface area contributed by atoms with Crippen molar-refractivity contribution in [3.05, 3.63) is 95.1 Å². The Kier molecular flexibility index (Phi) is 7.29. The Morgan fingerprint density at radius 2 is 1.69 bits per heavy atom. The van der Waals surface area contributed by atoms with Gasteiger partial charge < -0.3 is 19.7 Å². The second-order valence-electron chi connectivity index (χ2n) is 8.33. The molecule has 1 heterocycles. The first-order chi connectivity index (χ1) is 16.9. The number of benzene rings is 3. The average Bonchev–Trinajstić information content (AvgIpc) is 3.33. The summed E-state index contributed by atoms with van der Waals surface area (Å²) in [7, 11) is 3.04.